The second-order valence-corrected chi connectivity index (χ2v) is 12.7. The van der Waals surface area contributed by atoms with Gasteiger partial charge in [-0.3, -0.25) is 4.79 Å². The number of hydrogen-bond donors (Lipinski definition) is 1. The molecular formula is C29H42N6O2S. The molecule has 38 heavy (non-hydrogen) atoms. The molecule has 2 fully saturated rings. The van der Waals surface area contributed by atoms with Crippen LogP contribution in [0.4, 0.5) is 5.82 Å². The number of hydrogen-bond acceptors (Lipinski definition) is 6. The molecule has 1 amide bonds. The Labute approximate surface area is 229 Å². The highest BCUT2D eigenvalue weighted by molar-refractivity contribution is 7.81. The summed E-state index contributed by atoms with van der Waals surface area (Å²) in [6.07, 6.45) is 8.01. The van der Waals surface area contributed by atoms with Gasteiger partial charge in [-0.2, -0.15) is 0 Å². The normalized spacial score (nSPS) is 20.6. The van der Waals surface area contributed by atoms with E-state index in [-0.39, 0.29) is 5.91 Å². The van der Waals surface area contributed by atoms with Gasteiger partial charge in [0, 0.05) is 50.6 Å². The van der Waals surface area contributed by atoms with E-state index in [1.807, 2.05) is 30.1 Å². The van der Waals surface area contributed by atoms with Crippen LogP contribution in [0.3, 0.4) is 0 Å². The summed E-state index contributed by atoms with van der Waals surface area (Å²) in [4.78, 5) is 27.3. The van der Waals surface area contributed by atoms with Crippen molar-refractivity contribution in [3.05, 3.63) is 52.5 Å². The van der Waals surface area contributed by atoms with Gasteiger partial charge in [0.2, 0.25) is 0 Å². The molecule has 2 aliphatic heterocycles. The molecule has 0 spiro atoms. The highest BCUT2D eigenvalue weighted by atomic mass is 32.2. The van der Waals surface area contributed by atoms with Crippen LogP contribution in [0.1, 0.15) is 58.7 Å². The lowest BCUT2D eigenvalue weighted by atomic mass is 9.97. The van der Waals surface area contributed by atoms with Gasteiger partial charge in [-0.05, 0) is 82.5 Å². The molecule has 1 N–H and O–H groups in total. The van der Waals surface area contributed by atoms with Crippen LogP contribution in [-0.4, -0.2) is 92.3 Å². The number of rotatable bonds is 7. The first kappa shape index (κ1) is 27.2. The van der Waals surface area contributed by atoms with Crippen molar-refractivity contribution in [2.24, 2.45) is 5.92 Å². The Morgan fingerprint density at radius 3 is 2.26 bits per heavy atom. The van der Waals surface area contributed by atoms with Gasteiger partial charge in [0.1, 0.15) is 17.3 Å². The second kappa shape index (κ2) is 11.8. The summed E-state index contributed by atoms with van der Waals surface area (Å²) in [5, 5.41) is 3.55. The molecule has 3 heterocycles. The Kier molecular flexibility index (Phi) is 8.45. The maximum atomic E-state index is 13.6. The number of amides is 1. The zero-order valence-corrected chi connectivity index (χ0v) is 24.1. The largest absolute Gasteiger partial charge is 0.369 e. The van der Waals surface area contributed by atoms with Crippen molar-refractivity contribution in [1.29, 1.82) is 0 Å². The summed E-state index contributed by atoms with van der Waals surface area (Å²) in [6.45, 7) is 8.27. The standard InChI is InChI=1S/C29H42N6O2S/c1-20-27(31-21(2)32-28(20)30-19-22-17-23-7-5-6-8-24(23)18-22)29(36)35-15-11-26(12-16-35)34-13-9-25(10-14-34)33(3)38(4)37/h5-8,22,25-26H,9-19H2,1-4H3,(H,30,31,32). The van der Waals surface area contributed by atoms with Gasteiger partial charge in [-0.15, -0.1) is 0 Å². The molecule has 206 valence electrons. The number of carbonyl (C=O) groups excluding carboxylic acids is 1. The first-order valence-electron chi connectivity index (χ1n) is 14.1. The van der Waals surface area contributed by atoms with E-state index in [2.05, 4.69) is 44.5 Å². The lowest BCUT2D eigenvalue weighted by molar-refractivity contribution is 0.0544. The van der Waals surface area contributed by atoms with E-state index in [4.69, 9.17) is 0 Å². The molecule has 0 radical (unpaired) electrons. The van der Waals surface area contributed by atoms with Crippen molar-refractivity contribution >= 4 is 22.7 Å². The Bertz CT molecular complexity index is 1150. The van der Waals surface area contributed by atoms with E-state index in [9.17, 15) is 9.00 Å². The Morgan fingerprint density at radius 2 is 1.66 bits per heavy atom. The van der Waals surface area contributed by atoms with Gasteiger partial charge in [0.05, 0.1) is 11.0 Å². The molecule has 3 aliphatic rings. The van der Waals surface area contributed by atoms with Gasteiger partial charge in [0.15, 0.2) is 0 Å². The molecule has 0 bridgehead atoms. The Morgan fingerprint density at radius 1 is 1.03 bits per heavy atom. The Hall–Kier alpha value is -2.36. The number of likely N-dealkylation sites (tertiary alicyclic amines) is 2. The average Bonchev–Trinajstić information content (AvgIpc) is 3.36. The van der Waals surface area contributed by atoms with Crippen molar-refractivity contribution in [2.75, 3.05) is 51.3 Å². The number of piperidine rings is 2. The third kappa shape index (κ3) is 5.95. The SMILES string of the molecule is Cc1nc(NCC2Cc3ccccc3C2)c(C)c(C(=O)N2CCC(N3CCC(N(C)S(C)=O)CC3)CC2)n1. The van der Waals surface area contributed by atoms with Gasteiger partial charge >= 0.3 is 0 Å². The van der Waals surface area contributed by atoms with Crippen LogP contribution < -0.4 is 5.32 Å². The van der Waals surface area contributed by atoms with Gasteiger partial charge in [-0.1, -0.05) is 24.3 Å². The van der Waals surface area contributed by atoms with Crippen molar-refractivity contribution < 1.29 is 9.00 Å². The van der Waals surface area contributed by atoms with Crippen LogP contribution >= 0.6 is 0 Å². The van der Waals surface area contributed by atoms with Crippen molar-refractivity contribution in [3.8, 4) is 0 Å². The lowest BCUT2D eigenvalue weighted by Crippen LogP contribution is -2.51. The van der Waals surface area contributed by atoms with E-state index in [0.29, 0.717) is 29.5 Å². The van der Waals surface area contributed by atoms with Gasteiger partial charge < -0.3 is 15.1 Å². The van der Waals surface area contributed by atoms with Crippen LogP contribution in [0.5, 0.6) is 0 Å². The molecule has 2 saturated heterocycles. The third-order valence-corrected chi connectivity index (χ3v) is 9.95. The molecule has 1 unspecified atom stereocenters. The minimum atomic E-state index is -0.913. The summed E-state index contributed by atoms with van der Waals surface area (Å²) >= 11 is 0. The zero-order valence-electron chi connectivity index (χ0n) is 23.3. The van der Waals surface area contributed by atoms with Crippen LogP contribution in [0.15, 0.2) is 24.3 Å². The monoisotopic (exact) mass is 538 g/mol. The van der Waals surface area contributed by atoms with E-state index in [1.54, 1.807) is 6.26 Å². The predicted octanol–water partition coefficient (Wildman–Crippen LogP) is 3.21. The van der Waals surface area contributed by atoms with Gasteiger partial charge in [0.25, 0.3) is 5.91 Å². The maximum absolute atomic E-state index is 13.6. The molecule has 1 aliphatic carbocycles. The fourth-order valence-corrected chi connectivity index (χ4v) is 7.08. The number of aromatic nitrogens is 2. The number of nitrogens with zero attached hydrogens (tertiary/aromatic N) is 5. The smallest absolute Gasteiger partial charge is 0.272 e. The molecule has 1 aromatic carbocycles. The van der Waals surface area contributed by atoms with Gasteiger partial charge in [-0.25, -0.2) is 18.5 Å². The van der Waals surface area contributed by atoms with E-state index in [1.165, 1.54) is 11.1 Å². The molecule has 9 heteroatoms. The molecule has 8 nitrogen and oxygen atoms in total. The van der Waals surface area contributed by atoms with Crippen molar-refractivity contribution in [1.82, 2.24) is 24.1 Å². The number of aryl methyl sites for hydroxylation is 1. The summed E-state index contributed by atoms with van der Waals surface area (Å²) < 4.78 is 13.8. The molecule has 5 rings (SSSR count). The van der Waals surface area contributed by atoms with Crippen LogP contribution in [0.2, 0.25) is 0 Å². The Balaban J connectivity index is 1.15. The first-order valence-corrected chi connectivity index (χ1v) is 15.6. The average molecular weight is 539 g/mol. The zero-order chi connectivity index (χ0) is 26.8. The van der Waals surface area contributed by atoms with E-state index < -0.39 is 11.0 Å². The minimum Gasteiger partial charge on any atom is -0.369 e. The van der Waals surface area contributed by atoms with Crippen LogP contribution in [-0.2, 0) is 23.8 Å². The third-order valence-electron chi connectivity index (χ3n) is 8.84. The second-order valence-electron chi connectivity index (χ2n) is 11.3. The number of nitrogens with one attached hydrogen (secondary N) is 1. The fourth-order valence-electron chi connectivity index (χ4n) is 6.45. The minimum absolute atomic E-state index is 0.0218. The topological polar surface area (TPSA) is 81.7 Å². The number of anilines is 1. The quantitative estimate of drug-likeness (QED) is 0.583. The highest BCUT2D eigenvalue weighted by Crippen LogP contribution is 2.28. The molecule has 1 aromatic heterocycles. The van der Waals surface area contributed by atoms with E-state index in [0.717, 1.165) is 82.6 Å². The summed E-state index contributed by atoms with van der Waals surface area (Å²) in [5.41, 5.74) is 4.27. The number of benzene rings is 1. The molecule has 2 aromatic rings. The number of carbonyl (C=O) groups is 1. The number of fused-ring (bicyclic) bond motifs is 1. The van der Waals surface area contributed by atoms with Crippen molar-refractivity contribution in [2.45, 2.75) is 64.5 Å². The maximum Gasteiger partial charge on any atom is 0.272 e. The molecule has 1 atom stereocenters. The first-order chi connectivity index (χ1) is 18.3. The predicted molar refractivity (Wildman–Crippen MR) is 153 cm³/mol. The lowest BCUT2D eigenvalue weighted by Gasteiger charge is -2.43. The summed E-state index contributed by atoms with van der Waals surface area (Å²) in [5.74, 6) is 1.97. The van der Waals surface area contributed by atoms with Crippen LogP contribution in [0.25, 0.3) is 0 Å². The summed E-state index contributed by atoms with van der Waals surface area (Å²) in [6, 6.07) is 9.60. The summed E-state index contributed by atoms with van der Waals surface area (Å²) in [7, 11) is 1.05. The van der Waals surface area contributed by atoms with E-state index >= 15 is 0 Å². The molecule has 0 saturated carbocycles. The molecular weight excluding hydrogens is 496 g/mol. The van der Waals surface area contributed by atoms with Crippen LogP contribution in [0, 0.1) is 19.8 Å². The fraction of sp³-hybridized carbons (Fsp3) is 0.621. The van der Waals surface area contributed by atoms with Crippen molar-refractivity contribution in [3.63, 3.8) is 0 Å². The highest BCUT2D eigenvalue weighted by Gasteiger charge is 2.32.